The van der Waals surface area contributed by atoms with Gasteiger partial charge in [-0.2, -0.15) is 13.2 Å². The number of nitrogens with zero attached hydrogens (tertiary/aromatic N) is 2. The Labute approximate surface area is 116 Å². The molecule has 0 aliphatic rings. The van der Waals surface area contributed by atoms with Crippen molar-refractivity contribution in [2.75, 3.05) is 5.32 Å². The van der Waals surface area contributed by atoms with Gasteiger partial charge in [-0.05, 0) is 36.4 Å². The maximum Gasteiger partial charge on any atom is 0.446 e. The number of hydrogen-bond acceptors (Lipinski definition) is 5. The average Bonchev–Trinajstić information content (AvgIpc) is 2.72. The van der Waals surface area contributed by atoms with E-state index >= 15 is 0 Å². The van der Waals surface area contributed by atoms with Gasteiger partial charge in [-0.15, -0.1) is 10.2 Å². The lowest BCUT2D eigenvalue weighted by molar-refractivity contribution is -0.0328. The average molecular weight is 305 g/mol. The molecular formula is C11H10F3N3S2. The topological polar surface area (TPSA) is 37.8 Å². The minimum atomic E-state index is -4.25. The SMILES string of the molecule is Cc1nnc(NCc2ccc(SC(F)(F)F)cc2)s1. The molecule has 0 unspecified atom stereocenters. The van der Waals surface area contributed by atoms with Gasteiger partial charge in [0.15, 0.2) is 0 Å². The van der Waals surface area contributed by atoms with Crippen LogP contribution in [0.25, 0.3) is 0 Å². The summed E-state index contributed by atoms with van der Waals surface area (Å²) in [6.45, 7) is 2.36. The van der Waals surface area contributed by atoms with E-state index in [-0.39, 0.29) is 16.7 Å². The van der Waals surface area contributed by atoms with Crippen LogP contribution in [0.2, 0.25) is 0 Å². The second-order valence-electron chi connectivity index (χ2n) is 3.67. The molecule has 0 saturated heterocycles. The Morgan fingerprint density at radius 2 is 1.89 bits per heavy atom. The summed E-state index contributed by atoms with van der Waals surface area (Å²) in [4.78, 5) is 0.183. The molecular weight excluding hydrogens is 295 g/mol. The smallest absolute Gasteiger partial charge is 0.356 e. The van der Waals surface area contributed by atoms with E-state index in [0.29, 0.717) is 11.7 Å². The number of thioether (sulfide) groups is 1. The van der Waals surface area contributed by atoms with Crippen molar-refractivity contribution in [2.45, 2.75) is 23.9 Å². The number of aromatic nitrogens is 2. The number of rotatable bonds is 4. The van der Waals surface area contributed by atoms with Crippen LogP contribution in [0.1, 0.15) is 10.6 Å². The molecule has 0 radical (unpaired) electrons. The second kappa shape index (κ2) is 5.79. The van der Waals surface area contributed by atoms with Gasteiger partial charge in [0.2, 0.25) is 5.13 Å². The normalized spacial score (nSPS) is 11.6. The molecule has 1 aromatic heterocycles. The molecule has 0 fully saturated rings. The molecule has 0 atom stereocenters. The van der Waals surface area contributed by atoms with Crippen LogP contribution in [0.3, 0.4) is 0 Å². The maximum atomic E-state index is 12.2. The second-order valence-corrected chi connectivity index (χ2v) is 5.99. The van der Waals surface area contributed by atoms with Gasteiger partial charge in [-0.25, -0.2) is 0 Å². The van der Waals surface area contributed by atoms with Gasteiger partial charge in [0.25, 0.3) is 0 Å². The molecule has 102 valence electrons. The van der Waals surface area contributed by atoms with E-state index in [1.165, 1.54) is 23.5 Å². The first-order valence-electron chi connectivity index (χ1n) is 5.31. The van der Waals surface area contributed by atoms with Crippen LogP contribution < -0.4 is 5.32 Å². The van der Waals surface area contributed by atoms with Crippen molar-refractivity contribution in [2.24, 2.45) is 0 Å². The molecule has 0 aliphatic carbocycles. The van der Waals surface area contributed by atoms with Crippen LogP contribution in [0.4, 0.5) is 18.3 Å². The van der Waals surface area contributed by atoms with Gasteiger partial charge in [0.1, 0.15) is 5.01 Å². The number of alkyl halides is 3. The molecule has 0 bridgehead atoms. The summed E-state index contributed by atoms with van der Waals surface area (Å²) >= 11 is 1.32. The fourth-order valence-electron chi connectivity index (χ4n) is 1.35. The molecule has 0 spiro atoms. The zero-order chi connectivity index (χ0) is 13.9. The molecule has 8 heteroatoms. The summed E-state index contributed by atoms with van der Waals surface area (Å²) in [6.07, 6.45) is 0. The van der Waals surface area contributed by atoms with E-state index < -0.39 is 5.51 Å². The molecule has 19 heavy (non-hydrogen) atoms. The first-order valence-corrected chi connectivity index (χ1v) is 6.94. The summed E-state index contributed by atoms with van der Waals surface area (Å²) in [5.41, 5.74) is -3.36. The third-order valence-electron chi connectivity index (χ3n) is 2.13. The number of halogens is 3. The quantitative estimate of drug-likeness (QED) is 0.864. The van der Waals surface area contributed by atoms with Crippen molar-refractivity contribution in [3.63, 3.8) is 0 Å². The van der Waals surface area contributed by atoms with E-state index in [0.717, 1.165) is 10.6 Å². The highest BCUT2D eigenvalue weighted by Gasteiger charge is 2.28. The summed E-state index contributed by atoms with van der Waals surface area (Å²) in [5.74, 6) is 0. The lowest BCUT2D eigenvalue weighted by Crippen LogP contribution is -2.00. The molecule has 0 amide bonds. The maximum absolute atomic E-state index is 12.2. The summed E-state index contributed by atoms with van der Waals surface area (Å²) < 4.78 is 36.5. The fraction of sp³-hybridized carbons (Fsp3) is 0.273. The molecule has 2 rings (SSSR count). The van der Waals surface area contributed by atoms with Crippen LogP contribution in [0.5, 0.6) is 0 Å². The summed E-state index contributed by atoms with van der Waals surface area (Å²) in [6, 6.07) is 6.24. The molecule has 2 aromatic rings. The standard InChI is InChI=1S/C11H10F3N3S2/c1-7-16-17-10(18-7)15-6-8-2-4-9(5-3-8)19-11(12,13)14/h2-5H,6H2,1H3,(H,15,17). The van der Waals surface area contributed by atoms with Crippen molar-refractivity contribution in [1.82, 2.24) is 10.2 Å². The zero-order valence-electron chi connectivity index (χ0n) is 9.86. The highest BCUT2D eigenvalue weighted by atomic mass is 32.2. The van der Waals surface area contributed by atoms with Crippen molar-refractivity contribution < 1.29 is 13.2 Å². The highest BCUT2D eigenvalue weighted by molar-refractivity contribution is 8.00. The predicted molar refractivity (Wildman–Crippen MR) is 70.3 cm³/mol. The monoisotopic (exact) mass is 305 g/mol. The largest absolute Gasteiger partial charge is 0.446 e. The third kappa shape index (κ3) is 4.71. The van der Waals surface area contributed by atoms with Crippen molar-refractivity contribution in [3.05, 3.63) is 34.8 Å². The Kier molecular flexibility index (Phi) is 4.31. The Morgan fingerprint density at radius 1 is 1.21 bits per heavy atom. The fourth-order valence-corrected chi connectivity index (χ4v) is 2.48. The van der Waals surface area contributed by atoms with Gasteiger partial charge in [0, 0.05) is 11.4 Å². The van der Waals surface area contributed by atoms with Gasteiger partial charge in [-0.3, -0.25) is 0 Å². The Bertz CT molecular complexity index is 537. The molecule has 1 aromatic carbocycles. The lowest BCUT2D eigenvalue weighted by Gasteiger charge is -2.06. The van der Waals surface area contributed by atoms with Crippen LogP contribution >= 0.6 is 23.1 Å². The van der Waals surface area contributed by atoms with E-state index in [1.54, 1.807) is 12.1 Å². The zero-order valence-corrected chi connectivity index (χ0v) is 11.5. The van der Waals surface area contributed by atoms with Crippen molar-refractivity contribution >= 4 is 28.2 Å². The first kappa shape index (κ1) is 14.1. The van der Waals surface area contributed by atoms with E-state index in [1.807, 2.05) is 6.92 Å². The molecule has 1 heterocycles. The van der Waals surface area contributed by atoms with Gasteiger partial charge in [-0.1, -0.05) is 23.5 Å². The molecule has 3 nitrogen and oxygen atoms in total. The Hall–Kier alpha value is -1.28. The first-order chi connectivity index (χ1) is 8.92. The van der Waals surface area contributed by atoms with Crippen LogP contribution in [-0.2, 0) is 6.54 Å². The number of benzene rings is 1. The Morgan fingerprint density at radius 3 is 2.42 bits per heavy atom. The lowest BCUT2D eigenvalue weighted by atomic mass is 10.2. The third-order valence-corrected chi connectivity index (χ3v) is 3.66. The number of aryl methyl sites for hydroxylation is 1. The Balaban J connectivity index is 1.91. The van der Waals surface area contributed by atoms with E-state index in [4.69, 9.17) is 0 Å². The van der Waals surface area contributed by atoms with Crippen molar-refractivity contribution in [3.8, 4) is 0 Å². The number of anilines is 1. The summed E-state index contributed by atoms with van der Waals surface area (Å²) in [5, 5.41) is 12.4. The van der Waals surface area contributed by atoms with Crippen LogP contribution in [0, 0.1) is 6.92 Å². The number of hydrogen-bond donors (Lipinski definition) is 1. The van der Waals surface area contributed by atoms with Gasteiger partial charge in [0.05, 0.1) is 0 Å². The molecule has 1 N–H and O–H groups in total. The summed E-state index contributed by atoms with van der Waals surface area (Å²) in [7, 11) is 0. The van der Waals surface area contributed by atoms with Crippen LogP contribution in [0.15, 0.2) is 29.2 Å². The predicted octanol–water partition coefficient (Wildman–Crippen LogP) is 4.07. The van der Waals surface area contributed by atoms with E-state index in [9.17, 15) is 13.2 Å². The van der Waals surface area contributed by atoms with E-state index in [2.05, 4.69) is 15.5 Å². The molecule has 0 aliphatic heterocycles. The van der Waals surface area contributed by atoms with Crippen LogP contribution in [-0.4, -0.2) is 15.7 Å². The van der Waals surface area contributed by atoms with Gasteiger partial charge < -0.3 is 5.32 Å². The minimum absolute atomic E-state index is 0.113. The highest BCUT2D eigenvalue weighted by Crippen LogP contribution is 2.36. The van der Waals surface area contributed by atoms with Gasteiger partial charge >= 0.3 is 5.51 Å². The van der Waals surface area contributed by atoms with Crippen molar-refractivity contribution in [1.29, 1.82) is 0 Å². The molecule has 0 saturated carbocycles. The minimum Gasteiger partial charge on any atom is -0.356 e. The number of nitrogens with one attached hydrogen (secondary N) is 1.